The molecular weight excluding hydrogens is 450 g/mol. The summed E-state index contributed by atoms with van der Waals surface area (Å²) in [6, 6.07) is 11.3. The molecule has 1 aliphatic rings. The third-order valence-corrected chi connectivity index (χ3v) is 7.26. The highest BCUT2D eigenvalue weighted by Gasteiger charge is 2.30. The fraction of sp³-hybridized carbons (Fsp3) is 0.200. The van der Waals surface area contributed by atoms with Crippen molar-refractivity contribution in [2.75, 3.05) is 31.1 Å². The van der Waals surface area contributed by atoms with Crippen molar-refractivity contribution in [3.63, 3.8) is 0 Å². The van der Waals surface area contributed by atoms with E-state index in [4.69, 9.17) is 11.6 Å². The van der Waals surface area contributed by atoms with Crippen molar-refractivity contribution < 1.29 is 17.2 Å². The lowest BCUT2D eigenvalue weighted by Crippen LogP contribution is -2.49. The van der Waals surface area contributed by atoms with Crippen LogP contribution in [0.1, 0.15) is 0 Å². The average molecular weight is 467 g/mol. The van der Waals surface area contributed by atoms with E-state index in [1.165, 1.54) is 15.2 Å². The van der Waals surface area contributed by atoms with Crippen molar-refractivity contribution in [3.8, 4) is 5.69 Å². The Morgan fingerprint density at radius 1 is 0.935 bits per heavy atom. The Labute approximate surface area is 182 Å². The summed E-state index contributed by atoms with van der Waals surface area (Å²) >= 11 is 6.31. The number of hydrogen-bond donors (Lipinski definition) is 0. The third kappa shape index (κ3) is 4.06. The summed E-state index contributed by atoms with van der Waals surface area (Å²) in [5, 5.41) is 4.17. The molecule has 0 unspecified atom stereocenters. The van der Waals surface area contributed by atoms with E-state index in [-0.39, 0.29) is 36.1 Å². The standard InChI is InChI=1S/C20H17ClF2N4O3S/c21-19-18(13-24-27(20(19)28)14-4-2-1-3-5-14)25-8-10-26(11-9-25)31(29,30)15-6-7-16(22)17(23)12-15/h1-7,12-13H,8-11H2. The number of halogens is 3. The minimum atomic E-state index is -3.98. The number of benzene rings is 2. The molecule has 0 aliphatic carbocycles. The van der Waals surface area contributed by atoms with Crippen LogP contribution in [0.3, 0.4) is 0 Å². The lowest BCUT2D eigenvalue weighted by Gasteiger charge is -2.35. The van der Waals surface area contributed by atoms with Crippen molar-refractivity contribution >= 4 is 27.3 Å². The number of hydrogen-bond acceptors (Lipinski definition) is 5. The molecule has 2 heterocycles. The summed E-state index contributed by atoms with van der Waals surface area (Å²) < 4.78 is 54.5. The van der Waals surface area contributed by atoms with E-state index in [0.717, 1.165) is 12.1 Å². The Morgan fingerprint density at radius 3 is 2.26 bits per heavy atom. The van der Waals surface area contributed by atoms with Gasteiger partial charge in [-0.1, -0.05) is 29.8 Å². The highest BCUT2D eigenvalue weighted by atomic mass is 35.5. The molecule has 3 aromatic rings. The van der Waals surface area contributed by atoms with Crippen molar-refractivity contribution in [2.24, 2.45) is 0 Å². The van der Waals surface area contributed by atoms with E-state index >= 15 is 0 Å². The predicted molar refractivity (Wildman–Crippen MR) is 112 cm³/mol. The number of anilines is 1. The van der Waals surface area contributed by atoms with Gasteiger partial charge < -0.3 is 4.90 Å². The summed E-state index contributed by atoms with van der Waals surface area (Å²) in [5.41, 5.74) is 0.495. The van der Waals surface area contributed by atoms with Gasteiger partial charge in [-0.3, -0.25) is 4.79 Å². The van der Waals surface area contributed by atoms with Gasteiger partial charge in [-0.05, 0) is 30.3 Å². The number of piperazine rings is 1. The second-order valence-electron chi connectivity index (χ2n) is 6.86. The zero-order chi connectivity index (χ0) is 22.2. The summed E-state index contributed by atoms with van der Waals surface area (Å²) in [6.45, 7) is 0.664. The van der Waals surface area contributed by atoms with Gasteiger partial charge in [-0.15, -0.1) is 0 Å². The average Bonchev–Trinajstić information content (AvgIpc) is 2.78. The van der Waals surface area contributed by atoms with Gasteiger partial charge in [0.15, 0.2) is 11.6 Å². The molecule has 0 saturated carbocycles. The summed E-state index contributed by atoms with van der Waals surface area (Å²) in [4.78, 5) is 14.1. The minimum Gasteiger partial charge on any atom is -0.366 e. The van der Waals surface area contributed by atoms with E-state index in [9.17, 15) is 22.0 Å². The second-order valence-corrected chi connectivity index (χ2v) is 9.18. The van der Waals surface area contributed by atoms with Gasteiger partial charge >= 0.3 is 0 Å². The molecule has 162 valence electrons. The largest absolute Gasteiger partial charge is 0.366 e. The fourth-order valence-corrected chi connectivity index (χ4v) is 5.04. The third-order valence-electron chi connectivity index (χ3n) is 5.01. The highest BCUT2D eigenvalue weighted by molar-refractivity contribution is 7.89. The Bertz CT molecular complexity index is 1280. The molecule has 31 heavy (non-hydrogen) atoms. The van der Waals surface area contributed by atoms with E-state index in [1.54, 1.807) is 29.2 Å². The Morgan fingerprint density at radius 2 is 1.61 bits per heavy atom. The van der Waals surface area contributed by atoms with Crippen molar-refractivity contribution in [2.45, 2.75) is 4.90 Å². The summed E-state index contributed by atoms with van der Waals surface area (Å²) in [6.07, 6.45) is 1.47. The van der Waals surface area contributed by atoms with Crippen LogP contribution in [-0.4, -0.2) is 48.7 Å². The molecule has 1 aromatic heterocycles. The monoisotopic (exact) mass is 466 g/mol. The first-order valence-electron chi connectivity index (χ1n) is 9.32. The van der Waals surface area contributed by atoms with E-state index < -0.39 is 27.2 Å². The minimum absolute atomic E-state index is 0.0178. The fourth-order valence-electron chi connectivity index (χ4n) is 3.35. The van der Waals surface area contributed by atoms with Crippen LogP contribution in [0.15, 0.2) is 64.4 Å². The maximum atomic E-state index is 13.5. The Hall–Kier alpha value is -2.82. The molecule has 11 heteroatoms. The number of sulfonamides is 1. The van der Waals surface area contributed by atoms with Crippen molar-refractivity contribution in [1.29, 1.82) is 0 Å². The van der Waals surface area contributed by atoms with Crippen LogP contribution >= 0.6 is 11.6 Å². The molecule has 0 bridgehead atoms. The second kappa shape index (κ2) is 8.37. The lowest BCUT2D eigenvalue weighted by molar-refractivity contribution is 0.384. The van der Waals surface area contributed by atoms with Crippen molar-refractivity contribution in [1.82, 2.24) is 14.1 Å². The lowest BCUT2D eigenvalue weighted by atomic mass is 10.3. The zero-order valence-electron chi connectivity index (χ0n) is 16.1. The van der Waals surface area contributed by atoms with Gasteiger partial charge in [-0.25, -0.2) is 17.2 Å². The van der Waals surface area contributed by atoms with Crippen LogP contribution in [0.5, 0.6) is 0 Å². The molecule has 7 nitrogen and oxygen atoms in total. The molecule has 0 N–H and O–H groups in total. The van der Waals surface area contributed by atoms with Gasteiger partial charge in [0.05, 0.1) is 22.5 Å². The van der Waals surface area contributed by atoms with Gasteiger partial charge in [0.25, 0.3) is 5.56 Å². The van der Waals surface area contributed by atoms with Crippen LogP contribution in [0, 0.1) is 11.6 Å². The maximum Gasteiger partial charge on any atom is 0.292 e. The normalized spacial score (nSPS) is 15.3. The molecule has 0 radical (unpaired) electrons. The number of aromatic nitrogens is 2. The first kappa shape index (κ1) is 21.4. The van der Waals surface area contributed by atoms with E-state index in [2.05, 4.69) is 5.10 Å². The van der Waals surface area contributed by atoms with Crippen LogP contribution in [-0.2, 0) is 10.0 Å². The van der Waals surface area contributed by atoms with Gasteiger partial charge in [0, 0.05) is 26.2 Å². The number of nitrogens with zero attached hydrogens (tertiary/aromatic N) is 4. The van der Waals surface area contributed by atoms with E-state index in [0.29, 0.717) is 17.4 Å². The molecular formula is C20H17ClF2N4O3S. The molecule has 1 aliphatic heterocycles. The molecule has 0 atom stereocenters. The molecule has 1 saturated heterocycles. The highest BCUT2D eigenvalue weighted by Crippen LogP contribution is 2.25. The SMILES string of the molecule is O=c1c(Cl)c(N2CCN(S(=O)(=O)c3ccc(F)c(F)c3)CC2)cnn1-c1ccccc1. The van der Waals surface area contributed by atoms with Crippen molar-refractivity contribution in [3.05, 3.63) is 81.7 Å². The summed E-state index contributed by atoms with van der Waals surface area (Å²) in [7, 11) is -3.98. The first-order chi connectivity index (χ1) is 14.8. The van der Waals surface area contributed by atoms with Gasteiger partial charge in [0.2, 0.25) is 10.0 Å². The molecule has 0 amide bonds. The maximum absolute atomic E-state index is 13.5. The molecule has 4 rings (SSSR count). The Balaban J connectivity index is 1.53. The predicted octanol–water partition coefficient (Wildman–Crippen LogP) is 2.68. The molecule has 0 spiro atoms. The van der Waals surface area contributed by atoms with Gasteiger partial charge in [-0.2, -0.15) is 14.1 Å². The van der Waals surface area contributed by atoms with Crippen LogP contribution in [0.2, 0.25) is 5.02 Å². The molecule has 1 fully saturated rings. The topological polar surface area (TPSA) is 75.5 Å². The summed E-state index contributed by atoms with van der Waals surface area (Å²) in [5.74, 6) is -2.34. The number of rotatable bonds is 4. The zero-order valence-corrected chi connectivity index (χ0v) is 17.7. The molecule has 2 aromatic carbocycles. The van der Waals surface area contributed by atoms with Crippen LogP contribution < -0.4 is 10.5 Å². The smallest absolute Gasteiger partial charge is 0.292 e. The van der Waals surface area contributed by atoms with Gasteiger partial charge in [0.1, 0.15) is 5.02 Å². The number of para-hydroxylation sites is 1. The van der Waals surface area contributed by atoms with Crippen LogP contribution in [0.25, 0.3) is 5.69 Å². The first-order valence-corrected chi connectivity index (χ1v) is 11.1. The van der Waals surface area contributed by atoms with E-state index in [1.807, 2.05) is 6.07 Å². The quantitative estimate of drug-likeness (QED) is 0.591. The van der Waals surface area contributed by atoms with Crippen LogP contribution in [0.4, 0.5) is 14.5 Å². The Kier molecular flexibility index (Phi) is 5.78.